The summed E-state index contributed by atoms with van der Waals surface area (Å²) >= 11 is 2.93. The van der Waals surface area contributed by atoms with Gasteiger partial charge in [-0.25, -0.2) is 9.18 Å². The largest absolute Gasteiger partial charge is 0.462 e. The first kappa shape index (κ1) is 22.4. The quantitative estimate of drug-likeness (QED) is 0.437. The van der Waals surface area contributed by atoms with E-state index >= 15 is 0 Å². The second kappa shape index (κ2) is 9.75. The van der Waals surface area contributed by atoms with E-state index in [1.165, 1.54) is 35.7 Å². The van der Waals surface area contributed by atoms with Crippen LogP contribution in [-0.4, -0.2) is 29.2 Å². The summed E-state index contributed by atoms with van der Waals surface area (Å²) in [5, 5.41) is -0.269. The van der Waals surface area contributed by atoms with Crippen molar-refractivity contribution in [3.63, 3.8) is 0 Å². The maximum absolute atomic E-state index is 13.4. The first-order valence-electron chi connectivity index (χ1n) is 10.1. The molecule has 1 saturated heterocycles. The van der Waals surface area contributed by atoms with E-state index in [0.29, 0.717) is 11.3 Å². The van der Waals surface area contributed by atoms with Crippen molar-refractivity contribution in [3.05, 3.63) is 83.4 Å². The fraction of sp³-hybridized carbons (Fsp3) is 0.208. The van der Waals surface area contributed by atoms with E-state index in [0.717, 1.165) is 26.6 Å². The number of ether oxygens (including phenoxy) is 1. The van der Waals surface area contributed by atoms with Crippen LogP contribution in [0.2, 0.25) is 0 Å². The zero-order valence-electron chi connectivity index (χ0n) is 17.6. The number of pyridine rings is 1. The molecule has 2 heterocycles. The van der Waals surface area contributed by atoms with Crippen molar-refractivity contribution in [2.24, 2.45) is 0 Å². The first-order chi connectivity index (χ1) is 15.5. The average Bonchev–Trinajstić information content (AvgIpc) is 3.17. The summed E-state index contributed by atoms with van der Waals surface area (Å²) in [5.74, 6) is -0.429. The number of hydrogen-bond donors (Lipinski definition) is 0. The molecule has 2 aromatic carbocycles. The summed E-state index contributed by atoms with van der Waals surface area (Å²) in [6.45, 7) is 3.94. The van der Waals surface area contributed by atoms with Gasteiger partial charge in [0, 0.05) is 27.9 Å². The first-order valence-corrected chi connectivity index (χ1v) is 11.9. The second-order valence-corrected chi connectivity index (χ2v) is 9.22. The molecule has 3 aromatic rings. The molecule has 0 spiro atoms. The number of nitrogens with zero attached hydrogens (tertiary/aromatic N) is 2. The number of rotatable bonds is 6. The van der Waals surface area contributed by atoms with Crippen molar-refractivity contribution in [3.8, 4) is 0 Å². The van der Waals surface area contributed by atoms with Gasteiger partial charge in [-0.15, -0.1) is 11.8 Å². The van der Waals surface area contributed by atoms with E-state index in [-0.39, 0.29) is 23.7 Å². The lowest BCUT2D eigenvalue weighted by molar-refractivity contribution is -0.115. The summed E-state index contributed by atoms with van der Waals surface area (Å²) in [7, 11) is 0. The van der Waals surface area contributed by atoms with Crippen LogP contribution < -0.4 is 4.90 Å². The molecule has 4 rings (SSSR count). The van der Waals surface area contributed by atoms with Crippen LogP contribution in [0.15, 0.2) is 70.7 Å². The standard InChI is InChI=1S/C24H21FN2O3S2/c1-3-30-24(29)19-8-9-20(15(2)22(19)32-18-10-12-26-13-11-18)27-21(28)14-31-23(27)16-4-6-17(25)7-5-16/h4-13,23H,3,14H2,1-2H3. The molecule has 0 radical (unpaired) electrons. The summed E-state index contributed by atoms with van der Waals surface area (Å²) in [5.41, 5.74) is 2.83. The van der Waals surface area contributed by atoms with E-state index in [1.54, 1.807) is 48.5 Å². The van der Waals surface area contributed by atoms with Crippen LogP contribution in [0.3, 0.4) is 0 Å². The number of amides is 1. The summed E-state index contributed by atoms with van der Waals surface area (Å²) in [4.78, 5) is 33.0. The highest BCUT2D eigenvalue weighted by atomic mass is 32.2. The summed E-state index contributed by atoms with van der Waals surface area (Å²) in [6.07, 6.45) is 3.38. The van der Waals surface area contributed by atoms with Gasteiger partial charge >= 0.3 is 5.97 Å². The van der Waals surface area contributed by atoms with Crippen molar-refractivity contribution in [2.45, 2.75) is 29.0 Å². The van der Waals surface area contributed by atoms with Gasteiger partial charge in [-0.05, 0) is 61.4 Å². The monoisotopic (exact) mass is 468 g/mol. The van der Waals surface area contributed by atoms with Crippen LogP contribution in [0.25, 0.3) is 0 Å². The number of anilines is 1. The topological polar surface area (TPSA) is 59.5 Å². The minimum absolute atomic E-state index is 0.0313. The number of hydrogen-bond acceptors (Lipinski definition) is 6. The smallest absolute Gasteiger partial charge is 0.339 e. The Kier molecular flexibility index (Phi) is 6.81. The minimum Gasteiger partial charge on any atom is -0.462 e. The predicted molar refractivity (Wildman–Crippen MR) is 125 cm³/mol. The molecule has 0 saturated carbocycles. The lowest BCUT2D eigenvalue weighted by atomic mass is 10.1. The van der Waals surface area contributed by atoms with Gasteiger partial charge < -0.3 is 4.74 Å². The summed E-state index contributed by atoms with van der Waals surface area (Å²) < 4.78 is 18.7. The number of carbonyl (C=O) groups is 2. The second-order valence-electron chi connectivity index (χ2n) is 7.07. The highest BCUT2D eigenvalue weighted by Crippen LogP contribution is 2.45. The molecular weight excluding hydrogens is 447 g/mol. The van der Waals surface area contributed by atoms with E-state index in [2.05, 4.69) is 4.98 Å². The number of esters is 1. The molecule has 1 aliphatic heterocycles. The third-order valence-electron chi connectivity index (χ3n) is 5.02. The number of thioether (sulfide) groups is 1. The third-order valence-corrected chi connectivity index (χ3v) is 7.48. The van der Waals surface area contributed by atoms with Gasteiger partial charge in [0.2, 0.25) is 5.91 Å². The van der Waals surface area contributed by atoms with Crippen LogP contribution >= 0.6 is 23.5 Å². The predicted octanol–water partition coefficient (Wildman–Crippen LogP) is 5.64. The Balaban J connectivity index is 1.79. The average molecular weight is 469 g/mol. The summed E-state index contributed by atoms with van der Waals surface area (Å²) in [6, 6.07) is 13.4. The van der Waals surface area contributed by atoms with Gasteiger partial charge in [-0.3, -0.25) is 14.7 Å². The van der Waals surface area contributed by atoms with Crippen molar-refractivity contribution >= 4 is 41.1 Å². The van der Waals surface area contributed by atoms with Crippen molar-refractivity contribution in [1.29, 1.82) is 0 Å². The maximum atomic E-state index is 13.4. The molecule has 1 atom stereocenters. The van der Waals surface area contributed by atoms with E-state index in [9.17, 15) is 14.0 Å². The molecular formula is C24H21FN2O3S2. The molecule has 1 unspecified atom stereocenters. The molecule has 0 bridgehead atoms. The van der Waals surface area contributed by atoms with Crippen LogP contribution in [0.5, 0.6) is 0 Å². The fourth-order valence-corrected chi connectivity index (χ4v) is 5.71. The van der Waals surface area contributed by atoms with Gasteiger partial charge in [0.1, 0.15) is 11.2 Å². The molecule has 1 aromatic heterocycles. The Morgan fingerprint density at radius 1 is 1.19 bits per heavy atom. The van der Waals surface area contributed by atoms with Crippen LogP contribution in [0.4, 0.5) is 10.1 Å². The van der Waals surface area contributed by atoms with Crippen molar-refractivity contribution < 1.29 is 18.7 Å². The zero-order valence-corrected chi connectivity index (χ0v) is 19.2. The third kappa shape index (κ3) is 4.52. The van der Waals surface area contributed by atoms with E-state index < -0.39 is 5.97 Å². The Morgan fingerprint density at radius 2 is 1.91 bits per heavy atom. The number of halogens is 1. The van der Waals surface area contributed by atoms with Gasteiger partial charge in [0.25, 0.3) is 0 Å². The Morgan fingerprint density at radius 3 is 2.59 bits per heavy atom. The van der Waals surface area contributed by atoms with Crippen molar-refractivity contribution in [1.82, 2.24) is 4.98 Å². The molecule has 1 aliphatic rings. The Hall–Kier alpha value is -2.84. The van der Waals surface area contributed by atoms with E-state index in [1.807, 2.05) is 19.1 Å². The Labute approximate surface area is 194 Å². The molecule has 5 nitrogen and oxygen atoms in total. The molecule has 32 heavy (non-hydrogen) atoms. The zero-order chi connectivity index (χ0) is 22.7. The molecule has 1 amide bonds. The van der Waals surface area contributed by atoms with Gasteiger partial charge in [-0.1, -0.05) is 23.9 Å². The van der Waals surface area contributed by atoms with Gasteiger partial charge in [0.05, 0.1) is 17.9 Å². The van der Waals surface area contributed by atoms with E-state index in [4.69, 9.17) is 4.74 Å². The molecule has 164 valence electrons. The van der Waals surface area contributed by atoms with Crippen molar-refractivity contribution in [2.75, 3.05) is 17.3 Å². The SMILES string of the molecule is CCOC(=O)c1ccc(N2C(=O)CSC2c2ccc(F)cc2)c(C)c1Sc1ccncc1. The lowest BCUT2D eigenvalue weighted by Gasteiger charge is -2.27. The number of aromatic nitrogens is 1. The normalized spacial score (nSPS) is 15.8. The number of carbonyl (C=O) groups excluding carboxylic acids is 2. The fourth-order valence-electron chi connectivity index (χ4n) is 3.53. The van der Waals surface area contributed by atoms with Gasteiger partial charge in [-0.2, -0.15) is 0 Å². The maximum Gasteiger partial charge on any atom is 0.339 e. The Bertz CT molecular complexity index is 1140. The highest BCUT2D eigenvalue weighted by molar-refractivity contribution is 8.00. The molecule has 1 fully saturated rings. The van der Waals surface area contributed by atoms with Crippen LogP contribution in [0.1, 0.15) is 33.8 Å². The van der Waals surface area contributed by atoms with Gasteiger partial charge in [0.15, 0.2) is 0 Å². The molecule has 0 aliphatic carbocycles. The lowest BCUT2D eigenvalue weighted by Crippen LogP contribution is -2.29. The number of benzene rings is 2. The highest BCUT2D eigenvalue weighted by Gasteiger charge is 2.36. The van der Waals surface area contributed by atoms with Crippen LogP contribution in [-0.2, 0) is 9.53 Å². The minimum atomic E-state index is -0.407. The molecule has 0 N–H and O–H groups in total. The van der Waals surface area contributed by atoms with Crippen LogP contribution in [0, 0.1) is 12.7 Å². The molecule has 8 heteroatoms.